The zero-order valence-electron chi connectivity index (χ0n) is 16.5. The van der Waals surface area contributed by atoms with Gasteiger partial charge in [-0.05, 0) is 49.6 Å². The number of aliphatic carboxylic acids is 1. The molecule has 0 saturated carbocycles. The minimum Gasteiger partial charge on any atom is -0.740 e. The lowest BCUT2D eigenvalue weighted by Crippen LogP contribution is -2.39. The van der Waals surface area contributed by atoms with Crippen molar-refractivity contribution in [1.82, 2.24) is 5.53 Å². The molecule has 0 amide bonds. The Hall–Kier alpha value is -2.94. The third-order valence-corrected chi connectivity index (χ3v) is 4.97. The summed E-state index contributed by atoms with van der Waals surface area (Å²) in [5.74, 6) is -1.08. The van der Waals surface area contributed by atoms with Crippen molar-refractivity contribution in [1.29, 1.82) is 0 Å². The van der Waals surface area contributed by atoms with Gasteiger partial charge in [0.2, 0.25) is 0 Å². The van der Waals surface area contributed by atoms with Gasteiger partial charge in [-0.1, -0.05) is 29.5 Å². The highest BCUT2D eigenvalue weighted by atomic mass is 32.1. The molecular weight excluding hydrogens is 388 g/mol. The highest BCUT2D eigenvalue weighted by molar-refractivity contribution is 7.59. The number of nitrogens with one attached hydrogen (secondary N) is 2. The van der Waals surface area contributed by atoms with Crippen molar-refractivity contribution in [2.75, 3.05) is 34.9 Å². The summed E-state index contributed by atoms with van der Waals surface area (Å²) in [4.78, 5) is 13.1. The van der Waals surface area contributed by atoms with Gasteiger partial charge in [0.05, 0.1) is 18.2 Å². The van der Waals surface area contributed by atoms with Crippen molar-refractivity contribution >= 4 is 35.7 Å². The maximum atomic E-state index is 11.2. The molecule has 2 aromatic carbocycles. The minimum absolute atomic E-state index is 0.130. The largest absolute Gasteiger partial charge is 0.740 e. The van der Waals surface area contributed by atoms with Gasteiger partial charge in [0.1, 0.15) is 0 Å². The lowest BCUT2D eigenvalue weighted by Gasteiger charge is -2.29. The monoisotopic (exact) mass is 412 g/mol. The van der Waals surface area contributed by atoms with Gasteiger partial charge in [-0.3, -0.25) is 5.01 Å². The number of hydrazine groups is 1. The predicted octanol–water partition coefficient (Wildman–Crippen LogP) is 1.88. The number of anilines is 3. The zero-order valence-corrected chi connectivity index (χ0v) is 17.3. The van der Waals surface area contributed by atoms with Crippen LogP contribution < -0.4 is 25.9 Å². The maximum Gasteiger partial charge on any atom is 0.0610 e. The molecule has 29 heavy (non-hydrogen) atoms. The summed E-state index contributed by atoms with van der Waals surface area (Å²) in [7, 11) is 0. The van der Waals surface area contributed by atoms with E-state index < -0.39 is 11.5 Å². The van der Waals surface area contributed by atoms with E-state index in [1.165, 1.54) is 0 Å². The molecule has 0 aromatic heterocycles. The van der Waals surface area contributed by atoms with Crippen molar-refractivity contribution < 1.29 is 9.90 Å². The quantitative estimate of drug-likeness (QED) is 0.480. The predicted molar refractivity (Wildman–Crippen MR) is 114 cm³/mol. The van der Waals surface area contributed by atoms with Crippen molar-refractivity contribution in [3.05, 3.63) is 53.6 Å². The average Bonchev–Trinajstić information content (AvgIpc) is 3.10. The number of nitrogens with zero attached hydrogens (tertiary/aromatic N) is 4. The van der Waals surface area contributed by atoms with Crippen LogP contribution in [0.15, 0.2) is 52.8 Å². The second-order valence-corrected chi connectivity index (χ2v) is 7.30. The number of carbonyl (C=O) groups is 1. The minimum atomic E-state index is -1.08. The van der Waals surface area contributed by atoms with Gasteiger partial charge in [-0.15, -0.1) is 0 Å². The van der Waals surface area contributed by atoms with E-state index >= 15 is 0 Å². The Labute approximate surface area is 176 Å². The molecule has 1 aliphatic rings. The third kappa shape index (κ3) is 5.32. The summed E-state index contributed by atoms with van der Waals surface area (Å²) >= 11 is 5.21. The Morgan fingerprint density at radius 1 is 1.28 bits per heavy atom. The number of benzene rings is 2. The smallest absolute Gasteiger partial charge is 0.0610 e. The Morgan fingerprint density at radius 3 is 2.66 bits per heavy atom. The van der Waals surface area contributed by atoms with E-state index in [0.717, 1.165) is 34.6 Å². The van der Waals surface area contributed by atoms with E-state index in [2.05, 4.69) is 21.2 Å². The normalized spacial score (nSPS) is 15.3. The van der Waals surface area contributed by atoms with Crippen LogP contribution in [0.25, 0.3) is 0 Å². The molecule has 9 heteroatoms. The van der Waals surface area contributed by atoms with Crippen LogP contribution in [0.5, 0.6) is 0 Å². The number of aryl methyl sites for hydroxylation is 2. The SMILES string of the molecule is Cc1cccc(C)c1N(CCCNc1cccc(N2NN=NC2[S-])c1)CC(=O)[O-]. The number of carboxylic acids is 1. The van der Waals surface area contributed by atoms with Crippen molar-refractivity contribution in [3.63, 3.8) is 0 Å². The fourth-order valence-corrected chi connectivity index (χ4v) is 3.62. The summed E-state index contributed by atoms with van der Waals surface area (Å²) in [6.45, 7) is 5.15. The second kappa shape index (κ2) is 9.51. The summed E-state index contributed by atoms with van der Waals surface area (Å²) < 4.78 is 0. The molecule has 1 aliphatic heterocycles. The Morgan fingerprint density at radius 2 is 2.00 bits per heavy atom. The molecular formula is C20H24N6O2S-2. The van der Waals surface area contributed by atoms with E-state index in [0.29, 0.717) is 13.1 Å². The third-order valence-electron chi connectivity index (χ3n) is 4.66. The topological polar surface area (TPSA) is 95.4 Å². The fourth-order valence-electron chi connectivity index (χ4n) is 3.41. The van der Waals surface area contributed by atoms with Crippen LogP contribution in [0.1, 0.15) is 17.5 Å². The first kappa shape index (κ1) is 20.8. The van der Waals surface area contributed by atoms with Crippen LogP contribution in [0, 0.1) is 13.8 Å². The van der Waals surface area contributed by atoms with Gasteiger partial charge >= 0.3 is 0 Å². The molecule has 154 valence electrons. The maximum absolute atomic E-state index is 11.2. The van der Waals surface area contributed by atoms with Gasteiger partial charge in [0, 0.05) is 30.0 Å². The van der Waals surface area contributed by atoms with Crippen LogP contribution in [-0.2, 0) is 17.4 Å². The Bertz CT molecular complexity index is 871. The molecule has 0 bridgehead atoms. The standard InChI is InChI=1S/C20H26N6O2S/c1-14-6-3-7-15(2)19(14)25(13-18(27)28)11-5-10-21-16-8-4-9-17(12-16)26-20(29)22-23-24-26/h3-4,6-9,12,20-21,29H,5,10-11,13H2,1-2H3,(H,22,24)(H,27,28)/p-2. The molecule has 1 heterocycles. The second-order valence-electron chi connectivity index (χ2n) is 6.88. The lowest BCUT2D eigenvalue weighted by molar-refractivity contribution is -0.303. The summed E-state index contributed by atoms with van der Waals surface area (Å²) in [5.41, 5.74) is 7.18. The molecule has 0 spiro atoms. The number of rotatable bonds is 9. The van der Waals surface area contributed by atoms with Crippen LogP contribution in [0.3, 0.4) is 0 Å². The highest BCUT2D eigenvalue weighted by Crippen LogP contribution is 2.25. The molecule has 2 aromatic rings. The molecule has 1 atom stereocenters. The first-order chi connectivity index (χ1) is 14.0. The highest BCUT2D eigenvalue weighted by Gasteiger charge is 2.14. The van der Waals surface area contributed by atoms with Crippen LogP contribution in [-0.4, -0.2) is 31.1 Å². The number of carboxylic acid groups (broad SMARTS) is 1. The van der Waals surface area contributed by atoms with Gasteiger partial charge in [-0.2, -0.15) is 10.6 Å². The molecule has 0 saturated heterocycles. The number of para-hydroxylation sites is 1. The van der Waals surface area contributed by atoms with Crippen LogP contribution in [0.4, 0.5) is 17.1 Å². The van der Waals surface area contributed by atoms with Crippen molar-refractivity contribution in [3.8, 4) is 0 Å². The average molecular weight is 413 g/mol. The fraction of sp³-hybridized carbons (Fsp3) is 0.350. The van der Waals surface area contributed by atoms with Gasteiger partial charge in [-0.25, -0.2) is 0 Å². The molecule has 0 aliphatic carbocycles. The number of hydrogen-bond donors (Lipinski definition) is 2. The summed E-state index contributed by atoms with van der Waals surface area (Å²) in [6.07, 6.45) is 0.765. The molecule has 3 rings (SSSR count). The zero-order chi connectivity index (χ0) is 20.8. The molecule has 2 N–H and O–H groups in total. The lowest BCUT2D eigenvalue weighted by atomic mass is 10.1. The van der Waals surface area contributed by atoms with Crippen LogP contribution in [0.2, 0.25) is 0 Å². The van der Waals surface area contributed by atoms with Crippen LogP contribution >= 0.6 is 0 Å². The first-order valence-corrected chi connectivity index (χ1v) is 9.88. The van der Waals surface area contributed by atoms with Gasteiger partial charge in [0.25, 0.3) is 0 Å². The van der Waals surface area contributed by atoms with E-state index in [1.54, 1.807) is 5.01 Å². The molecule has 8 nitrogen and oxygen atoms in total. The number of carbonyl (C=O) groups excluding carboxylic acids is 1. The Balaban J connectivity index is 1.58. The molecule has 1 unspecified atom stereocenters. The van der Waals surface area contributed by atoms with Crippen molar-refractivity contribution in [2.45, 2.75) is 25.8 Å². The van der Waals surface area contributed by atoms with Gasteiger partial charge < -0.3 is 32.7 Å². The molecule has 0 radical (unpaired) electrons. The van der Waals surface area contributed by atoms with E-state index in [9.17, 15) is 9.90 Å². The van der Waals surface area contributed by atoms with E-state index in [-0.39, 0.29) is 6.54 Å². The van der Waals surface area contributed by atoms with Gasteiger partial charge in [0.15, 0.2) is 0 Å². The Kier molecular flexibility index (Phi) is 6.82. The number of hydrogen-bond acceptors (Lipinski definition) is 9. The molecule has 0 fully saturated rings. The summed E-state index contributed by atoms with van der Waals surface area (Å²) in [5, 5.41) is 23.9. The van der Waals surface area contributed by atoms with Crippen molar-refractivity contribution in [2.24, 2.45) is 10.3 Å². The first-order valence-electron chi connectivity index (χ1n) is 9.41. The van der Waals surface area contributed by atoms with E-state index in [1.807, 2.05) is 61.2 Å². The summed E-state index contributed by atoms with van der Waals surface area (Å²) in [6, 6.07) is 13.7. The van der Waals surface area contributed by atoms with E-state index in [4.69, 9.17) is 12.6 Å².